The van der Waals surface area contributed by atoms with Crippen LogP contribution in [0.1, 0.15) is 25.3 Å². The van der Waals surface area contributed by atoms with Gasteiger partial charge in [-0.15, -0.1) is 5.10 Å². The SMILES string of the molecule is CCCN(C(=O)CSc1nnnn1Cc1ccccc1)[C@H]1CCS(=O)(=O)C1. The molecule has 0 unspecified atom stereocenters. The minimum Gasteiger partial charge on any atom is -0.338 e. The van der Waals surface area contributed by atoms with E-state index in [0.717, 1.165) is 12.0 Å². The van der Waals surface area contributed by atoms with E-state index < -0.39 is 9.84 Å². The standard InChI is InChI=1S/C17H23N5O3S2/c1-2-9-21(15-8-10-27(24,25)13-15)16(23)12-26-17-18-19-20-22(17)11-14-6-4-3-5-7-14/h3-7,15H,2,8-13H2,1H3/t15-/m0/s1. The maximum atomic E-state index is 12.7. The molecule has 146 valence electrons. The minimum atomic E-state index is -3.03. The van der Waals surface area contributed by atoms with Crippen LogP contribution in [0.25, 0.3) is 0 Å². The van der Waals surface area contributed by atoms with Gasteiger partial charge in [-0.3, -0.25) is 4.79 Å². The van der Waals surface area contributed by atoms with Gasteiger partial charge in [0.05, 0.1) is 23.8 Å². The molecular weight excluding hydrogens is 386 g/mol. The molecule has 0 radical (unpaired) electrons. The normalized spacial score (nSPS) is 18.5. The van der Waals surface area contributed by atoms with Gasteiger partial charge in [-0.2, -0.15) is 0 Å². The molecule has 27 heavy (non-hydrogen) atoms. The lowest BCUT2D eigenvalue weighted by Crippen LogP contribution is -2.42. The van der Waals surface area contributed by atoms with Crippen molar-refractivity contribution < 1.29 is 13.2 Å². The van der Waals surface area contributed by atoms with Crippen LogP contribution in [0.15, 0.2) is 35.5 Å². The van der Waals surface area contributed by atoms with E-state index in [4.69, 9.17) is 0 Å². The molecule has 2 aromatic rings. The predicted octanol–water partition coefficient (Wildman–Crippen LogP) is 1.24. The summed E-state index contributed by atoms with van der Waals surface area (Å²) in [5.74, 6) is 0.340. The van der Waals surface area contributed by atoms with E-state index in [9.17, 15) is 13.2 Å². The van der Waals surface area contributed by atoms with Crippen molar-refractivity contribution in [1.82, 2.24) is 25.1 Å². The van der Waals surface area contributed by atoms with Crippen LogP contribution in [-0.4, -0.2) is 69.3 Å². The molecule has 1 saturated heterocycles. The molecule has 0 saturated carbocycles. The van der Waals surface area contributed by atoms with Crippen molar-refractivity contribution in [2.45, 2.75) is 37.5 Å². The second-order valence-corrected chi connectivity index (χ2v) is 9.71. The Balaban J connectivity index is 1.62. The van der Waals surface area contributed by atoms with Crippen LogP contribution in [0.2, 0.25) is 0 Å². The third-order valence-corrected chi connectivity index (χ3v) is 7.13. The van der Waals surface area contributed by atoms with Gasteiger partial charge in [0.15, 0.2) is 9.84 Å². The molecule has 1 fully saturated rings. The number of aromatic nitrogens is 4. The highest BCUT2D eigenvalue weighted by atomic mass is 32.2. The highest BCUT2D eigenvalue weighted by Crippen LogP contribution is 2.21. The highest BCUT2D eigenvalue weighted by molar-refractivity contribution is 7.99. The number of hydrogen-bond acceptors (Lipinski definition) is 7. The second-order valence-electron chi connectivity index (χ2n) is 6.54. The van der Waals surface area contributed by atoms with Gasteiger partial charge >= 0.3 is 0 Å². The van der Waals surface area contributed by atoms with Gasteiger partial charge in [-0.1, -0.05) is 49.0 Å². The number of rotatable bonds is 8. The zero-order chi connectivity index (χ0) is 19.3. The molecule has 8 nitrogen and oxygen atoms in total. The van der Waals surface area contributed by atoms with Crippen LogP contribution in [0.3, 0.4) is 0 Å². The number of benzene rings is 1. The van der Waals surface area contributed by atoms with Gasteiger partial charge in [0.1, 0.15) is 0 Å². The highest BCUT2D eigenvalue weighted by Gasteiger charge is 2.34. The molecule has 1 aliphatic rings. The Bertz CT molecular complexity index is 870. The Morgan fingerprint density at radius 3 is 2.78 bits per heavy atom. The Morgan fingerprint density at radius 2 is 2.11 bits per heavy atom. The van der Waals surface area contributed by atoms with Gasteiger partial charge in [-0.05, 0) is 28.8 Å². The first-order chi connectivity index (χ1) is 13.0. The molecule has 2 heterocycles. The van der Waals surface area contributed by atoms with Gasteiger partial charge in [0.2, 0.25) is 11.1 Å². The van der Waals surface area contributed by atoms with Crippen LogP contribution in [0.4, 0.5) is 0 Å². The van der Waals surface area contributed by atoms with Crippen molar-refractivity contribution in [3.8, 4) is 0 Å². The Hall–Kier alpha value is -1.94. The molecular formula is C17H23N5O3S2. The van der Waals surface area contributed by atoms with E-state index in [1.165, 1.54) is 11.8 Å². The number of hydrogen-bond donors (Lipinski definition) is 0. The van der Waals surface area contributed by atoms with Crippen molar-refractivity contribution in [1.29, 1.82) is 0 Å². The van der Waals surface area contributed by atoms with Crippen molar-refractivity contribution >= 4 is 27.5 Å². The number of carbonyl (C=O) groups is 1. The Morgan fingerprint density at radius 1 is 1.33 bits per heavy atom. The molecule has 3 rings (SSSR count). The molecule has 1 amide bonds. The summed E-state index contributed by atoms with van der Waals surface area (Å²) in [6.07, 6.45) is 1.31. The number of sulfone groups is 1. The van der Waals surface area contributed by atoms with Crippen LogP contribution in [0, 0.1) is 0 Å². The number of tetrazole rings is 1. The average Bonchev–Trinajstić information content (AvgIpc) is 3.24. The molecule has 0 aliphatic carbocycles. The first kappa shape index (κ1) is 19.8. The quantitative estimate of drug-likeness (QED) is 0.605. The summed E-state index contributed by atoms with van der Waals surface area (Å²) in [7, 11) is -3.03. The first-order valence-corrected chi connectivity index (χ1v) is 11.7. The van der Waals surface area contributed by atoms with Crippen LogP contribution < -0.4 is 0 Å². The van der Waals surface area contributed by atoms with Gasteiger partial charge in [0.25, 0.3) is 0 Å². The zero-order valence-electron chi connectivity index (χ0n) is 15.2. The summed E-state index contributed by atoms with van der Waals surface area (Å²) >= 11 is 1.28. The lowest BCUT2D eigenvalue weighted by Gasteiger charge is -2.27. The molecule has 0 bridgehead atoms. The van der Waals surface area contributed by atoms with Crippen LogP contribution in [0.5, 0.6) is 0 Å². The number of thioether (sulfide) groups is 1. The molecule has 0 spiro atoms. The Labute approximate surface area is 163 Å². The predicted molar refractivity (Wildman–Crippen MR) is 103 cm³/mol. The molecule has 1 aliphatic heterocycles. The van der Waals surface area contributed by atoms with Crippen molar-refractivity contribution in [2.24, 2.45) is 0 Å². The summed E-state index contributed by atoms with van der Waals surface area (Å²) in [5, 5.41) is 12.3. The third-order valence-electron chi connectivity index (χ3n) is 4.43. The first-order valence-electron chi connectivity index (χ1n) is 8.91. The number of amides is 1. The Kier molecular flexibility index (Phi) is 6.48. The van der Waals surface area contributed by atoms with Gasteiger partial charge < -0.3 is 4.90 Å². The zero-order valence-corrected chi connectivity index (χ0v) is 16.8. The van der Waals surface area contributed by atoms with Gasteiger partial charge in [0, 0.05) is 12.6 Å². The minimum absolute atomic E-state index is 0.0646. The van der Waals surface area contributed by atoms with Crippen molar-refractivity contribution in [3.63, 3.8) is 0 Å². The lowest BCUT2D eigenvalue weighted by atomic mass is 10.2. The smallest absolute Gasteiger partial charge is 0.233 e. The summed E-state index contributed by atoms with van der Waals surface area (Å²) < 4.78 is 25.2. The van der Waals surface area contributed by atoms with Crippen LogP contribution >= 0.6 is 11.8 Å². The largest absolute Gasteiger partial charge is 0.338 e. The molecule has 1 aromatic carbocycles. The van der Waals surface area contributed by atoms with E-state index in [2.05, 4.69) is 15.5 Å². The maximum absolute atomic E-state index is 12.7. The summed E-state index contributed by atoms with van der Waals surface area (Å²) in [4.78, 5) is 14.4. The number of nitrogens with zero attached hydrogens (tertiary/aromatic N) is 5. The van der Waals surface area contributed by atoms with Gasteiger partial charge in [-0.25, -0.2) is 13.1 Å². The summed E-state index contributed by atoms with van der Waals surface area (Å²) in [6, 6.07) is 9.62. The van der Waals surface area contributed by atoms with Crippen molar-refractivity contribution in [2.75, 3.05) is 23.8 Å². The van der Waals surface area contributed by atoms with Crippen molar-refractivity contribution in [3.05, 3.63) is 35.9 Å². The average molecular weight is 410 g/mol. The fourth-order valence-corrected chi connectivity index (χ4v) is 5.63. The maximum Gasteiger partial charge on any atom is 0.233 e. The molecule has 1 atom stereocenters. The monoisotopic (exact) mass is 409 g/mol. The van der Waals surface area contributed by atoms with E-state index in [1.807, 2.05) is 37.3 Å². The fourth-order valence-electron chi connectivity index (χ4n) is 3.14. The van der Waals surface area contributed by atoms with Crippen LogP contribution in [-0.2, 0) is 21.2 Å². The summed E-state index contributed by atoms with van der Waals surface area (Å²) in [6.45, 7) is 3.08. The third kappa shape index (κ3) is 5.29. The van der Waals surface area contributed by atoms with E-state index in [-0.39, 0.29) is 29.2 Å². The fraction of sp³-hybridized carbons (Fsp3) is 0.529. The lowest BCUT2D eigenvalue weighted by molar-refractivity contribution is -0.130. The van der Waals surface area contributed by atoms with E-state index in [0.29, 0.717) is 24.7 Å². The topological polar surface area (TPSA) is 98.1 Å². The van der Waals surface area contributed by atoms with E-state index in [1.54, 1.807) is 9.58 Å². The molecule has 1 aromatic heterocycles. The molecule has 0 N–H and O–H groups in total. The summed E-state index contributed by atoms with van der Waals surface area (Å²) in [5.41, 5.74) is 1.07. The molecule has 10 heteroatoms. The number of carbonyl (C=O) groups excluding carboxylic acids is 1. The van der Waals surface area contributed by atoms with E-state index >= 15 is 0 Å². The second kappa shape index (κ2) is 8.83.